The first-order chi connectivity index (χ1) is 15.0. The molecule has 4 rings (SSSR count). The van der Waals surface area contributed by atoms with E-state index in [9.17, 15) is 13.2 Å². The summed E-state index contributed by atoms with van der Waals surface area (Å²) in [4.78, 5) is 13.0. The minimum atomic E-state index is -3.71. The van der Waals surface area contributed by atoms with E-state index in [2.05, 4.69) is 20.8 Å². The summed E-state index contributed by atoms with van der Waals surface area (Å²) in [5.74, 6) is -0.538. The fourth-order valence-electron chi connectivity index (χ4n) is 3.76. The van der Waals surface area contributed by atoms with E-state index in [-0.39, 0.29) is 17.3 Å². The van der Waals surface area contributed by atoms with Gasteiger partial charge in [0.25, 0.3) is 0 Å². The highest BCUT2D eigenvalue weighted by molar-refractivity contribution is 7.89. The topological polar surface area (TPSA) is 110 Å². The van der Waals surface area contributed by atoms with Crippen molar-refractivity contribution >= 4 is 21.6 Å². The number of aromatic nitrogens is 4. The third-order valence-corrected chi connectivity index (χ3v) is 7.38. The number of aryl methyl sites for hydroxylation is 1. The highest BCUT2D eigenvalue weighted by Gasteiger charge is 2.33. The van der Waals surface area contributed by atoms with E-state index in [0.717, 1.165) is 17.7 Å². The number of amides is 1. The Balaban J connectivity index is 1.47. The van der Waals surface area contributed by atoms with E-state index >= 15 is 0 Å². The van der Waals surface area contributed by atoms with Crippen LogP contribution in [0.1, 0.15) is 25.3 Å². The Kier molecular flexibility index (Phi) is 6.10. The van der Waals surface area contributed by atoms with Crippen LogP contribution in [0.25, 0.3) is 5.69 Å². The van der Waals surface area contributed by atoms with Gasteiger partial charge in [0, 0.05) is 18.8 Å². The van der Waals surface area contributed by atoms with Gasteiger partial charge in [0.2, 0.25) is 15.9 Å². The maximum atomic E-state index is 13.2. The lowest BCUT2D eigenvalue weighted by atomic mass is 9.98. The van der Waals surface area contributed by atoms with Crippen LogP contribution < -0.4 is 5.32 Å². The minimum Gasteiger partial charge on any atom is -0.326 e. The van der Waals surface area contributed by atoms with Crippen LogP contribution in [-0.2, 0) is 21.2 Å². The normalized spacial score (nSPS) is 17.4. The summed E-state index contributed by atoms with van der Waals surface area (Å²) in [6.45, 7) is 2.59. The molecular formula is C21H24N6O3S. The summed E-state index contributed by atoms with van der Waals surface area (Å²) in [7, 11) is -3.71. The fraction of sp³-hybridized carbons (Fsp3) is 0.333. The van der Waals surface area contributed by atoms with Gasteiger partial charge in [0.1, 0.15) is 6.33 Å². The molecule has 2 aromatic carbocycles. The molecule has 1 N–H and O–H groups in total. The van der Waals surface area contributed by atoms with E-state index in [0.29, 0.717) is 25.1 Å². The zero-order valence-corrected chi connectivity index (χ0v) is 18.0. The minimum absolute atomic E-state index is 0.144. The van der Waals surface area contributed by atoms with Crippen molar-refractivity contribution in [3.8, 4) is 5.69 Å². The van der Waals surface area contributed by atoms with Crippen molar-refractivity contribution in [1.82, 2.24) is 24.5 Å². The van der Waals surface area contributed by atoms with Crippen LogP contribution in [0.2, 0.25) is 0 Å². The number of nitrogens with zero attached hydrogens (tertiary/aromatic N) is 5. The highest BCUT2D eigenvalue weighted by atomic mass is 32.2. The van der Waals surface area contributed by atoms with Crippen molar-refractivity contribution in [2.24, 2.45) is 5.92 Å². The first-order valence-corrected chi connectivity index (χ1v) is 11.7. The Hall–Kier alpha value is -3.11. The number of tetrazole rings is 1. The number of carbonyl (C=O) groups excluding carboxylic acids is 1. The summed E-state index contributed by atoms with van der Waals surface area (Å²) >= 11 is 0. The van der Waals surface area contributed by atoms with Gasteiger partial charge in [-0.1, -0.05) is 25.1 Å². The molecule has 10 heteroatoms. The van der Waals surface area contributed by atoms with Gasteiger partial charge in [-0.05, 0) is 65.6 Å². The van der Waals surface area contributed by atoms with Gasteiger partial charge in [-0.3, -0.25) is 4.79 Å². The van der Waals surface area contributed by atoms with Crippen LogP contribution in [0.5, 0.6) is 0 Å². The van der Waals surface area contributed by atoms with Crippen molar-refractivity contribution in [2.75, 3.05) is 18.4 Å². The smallest absolute Gasteiger partial charge is 0.243 e. The Labute approximate surface area is 181 Å². The Morgan fingerprint density at radius 1 is 1.16 bits per heavy atom. The third-order valence-electron chi connectivity index (χ3n) is 5.50. The number of hydrogen-bond acceptors (Lipinski definition) is 6. The summed E-state index contributed by atoms with van der Waals surface area (Å²) in [6, 6.07) is 14.0. The first-order valence-electron chi connectivity index (χ1n) is 10.2. The Morgan fingerprint density at radius 3 is 2.65 bits per heavy atom. The van der Waals surface area contributed by atoms with Gasteiger partial charge in [0.15, 0.2) is 0 Å². The lowest BCUT2D eigenvalue weighted by Gasteiger charge is -2.31. The number of carbonyl (C=O) groups is 1. The third kappa shape index (κ3) is 4.49. The molecule has 2 heterocycles. The van der Waals surface area contributed by atoms with Crippen LogP contribution in [0.3, 0.4) is 0 Å². The predicted molar refractivity (Wildman–Crippen MR) is 115 cm³/mol. The van der Waals surface area contributed by atoms with Gasteiger partial charge in [-0.2, -0.15) is 4.31 Å². The van der Waals surface area contributed by atoms with Crippen molar-refractivity contribution in [1.29, 1.82) is 0 Å². The predicted octanol–water partition coefficient (Wildman–Crippen LogP) is 2.26. The van der Waals surface area contributed by atoms with Gasteiger partial charge in [-0.25, -0.2) is 13.1 Å². The lowest BCUT2D eigenvalue weighted by Crippen LogP contribution is -2.43. The largest absolute Gasteiger partial charge is 0.326 e. The average Bonchev–Trinajstić information content (AvgIpc) is 3.34. The molecule has 1 amide bonds. The van der Waals surface area contributed by atoms with Gasteiger partial charge >= 0.3 is 0 Å². The van der Waals surface area contributed by atoms with E-state index in [1.807, 2.05) is 31.2 Å². The molecule has 1 aliphatic rings. The molecule has 0 saturated carbocycles. The summed E-state index contributed by atoms with van der Waals surface area (Å²) in [6.07, 6.45) is 3.54. The Bertz CT molecular complexity index is 1150. The zero-order chi connectivity index (χ0) is 21.8. The number of benzene rings is 2. The fourth-order valence-corrected chi connectivity index (χ4v) is 5.28. The number of nitrogens with one attached hydrogen (secondary N) is 1. The molecule has 0 bridgehead atoms. The van der Waals surface area contributed by atoms with Crippen molar-refractivity contribution < 1.29 is 13.2 Å². The molecule has 1 fully saturated rings. The second-order valence-corrected chi connectivity index (χ2v) is 9.39. The maximum Gasteiger partial charge on any atom is 0.243 e. The molecule has 3 aromatic rings. The van der Waals surface area contributed by atoms with E-state index in [1.165, 1.54) is 27.4 Å². The van der Waals surface area contributed by atoms with Crippen LogP contribution in [-0.4, -0.2) is 51.9 Å². The molecule has 9 nitrogen and oxygen atoms in total. The number of sulfonamides is 1. The standard InChI is InChI=1S/C21H24N6O3S/c1-2-16-6-3-4-8-20(16)23-21(28)17-7-5-13-26(14-17)31(29,30)19-11-9-18(10-12-19)27-15-22-24-25-27/h3-4,6,8-12,15,17H,2,5,7,13-14H2,1H3,(H,23,28)/t17-/m0/s1. The number of hydrogen-bond donors (Lipinski definition) is 1. The first kappa shape index (κ1) is 21.1. The summed E-state index contributed by atoms with van der Waals surface area (Å²) in [5.41, 5.74) is 2.50. The van der Waals surface area contributed by atoms with Gasteiger partial charge in [0.05, 0.1) is 16.5 Å². The van der Waals surface area contributed by atoms with Gasteiger partial charge in [-0.15, -0.1) is 5.10 Å². The molecule has 0 aliphatic carbocycles. The molecule has 0 radical (unpaired) electrons. The van der Waals surface area contributed by atoms with Crippen LogP contribution in [0.15, 0.2) is 59.8 Å². The van der Waals surface area contributed by atoms with Crippen molar-refractivity contribution in [3.05, 3.63) is 60.4 Å². The number of piperidine rings is 1. The zero-order valence-electron chi connectivity index (χ0n) is 17.2. The molecule has 1 aromatic heterocycles. The van der Waals surface area contributed by atoms with E-state index in [1.54, 1.807) is 12.1 Å². The second kappa shape index (κ2) is 8.94. The van der Waals surface area contributed by atoms with Gasteiger partial charge < -0.3 is 5.32 Å². The summed E-state index contributed by atoms with van der Waals surface area (Å²) in [5, 5.41) is 13.9. The lowest BCUT2D eigenvalue weighted by molar-refractivity contribution is -0.120. The quantitative estimate of drug-likeness (QED) is 0.630. The van der Waals surface area contributed by atoms with Crippen molar-refractivity contribution in [2.45, 2.75) is 31.1 Å². The van der Waals surface area contributed by atoms with E-state index in [4.69, 9.17) is 0 Å². The van der Waals surface area contributed by atoms with Crippen LogP contribution in [0.4, 0.5) is 5.69 Å². The molecule has 1 saturated heterocycles. The number of para-hydroxylation sites is 1. The number of rotatable bonds is 6. The molecule has 1 atom stereocenters. The van der Waals surface area contributed by atoms with Crippen molar-refractivity contribution in [3.63, 3.8) is 0 Å². The Morgan fingerprint density at radius 2 is 1.94 bits per heavy atom. The molecule has 1 aliphatic heterocycles. The SMILES string of the molecule is CCc1ccccc1NC(=O)[C@H]1CCCN(S(=O)(=O)c2ccc(-n3cnnn3)cc2)C1. The maximum absolute atomic E-state index is 13.2. The second-order valence-electron chi connectivity index (χ2n) is 7.45. The average molecular weight is 441 g/mol. The molecule has 162 valence electrons. The molecule has 0 spiro atoms. The summed E-state index contributed by atoms with van der Waals surface area (Å²) < 4.78 is 29.2. The molecular weight excluding hydrogens is 416 g/mol. The van der Waals surface area contributed by atoms with Crippen LogP contribution in [0, 0.1) is 5.92 Å². The molecule has 31 heavy (non-hydrogen) atoms. The highest BCUT2D eigenvalue weighted by Crippen LogP contribution is 2.26. The molecule has 0 unspecified atom stereocenters. The monoisotopic (exact) mass is 440 g/mol. The number of anilines is 1. The van der Waals surface area contributed by atoms with Crippen LogP contribution >= 0.6 is 0 Å². The van der Waals surface area contributed by atoms with E-state index < -0.39 is 15.9 Å².